The summed E-state index contributed by atoms with van der Waals surface area (Å²) in [7, 11) is 0. The number of aromatic nitrogens is 3. The molecule has 0 aliphatic carbocycles. The number of nitrogens with zero attached hydrogens (tertiary/aromatic N) is 4. The lowest BCUT2D eigenvalue weighted by Gasteiger charge is -2.32. The third-order valence-corrected chi connectivity index (χ3v) is 5.61. The van der Waals surface area contributed by atoms with Crippen molar-refractivity contribution in [3.8, 4) is 0 Å². The molecule has 3 heterocycles. The monoisotopic (exact) mass is 353 g/mol. The summed E-state index contributed by atoms with van der Waals surface area (Å²) in [5.74, 6) is 2.29. The van der Waals surface area contributed by atoms with Crippen LogP contribution < -0.4 is 5.32 Å². The number of carbonyl (C=O) groups excluding carboxylic acids is 1. The predicted molar refractivity (Wildman–Crippen MR) is 99.9 cm³/mol. The zero-order valence-corrected chi connectivity index (χ0v) is 15.4. The topological polar surface area (TPSA) is 63.1 Å². The van der Waals surface area contributed by atoms with E-state index >= 15 is 0 Å². The van der Waals surface area contributed by atoms with E-state index in [-0.39, 0.29) is 11.9 Å². The Hall–Kier alpha value is -2.21. The quantitative estimate of drug-likeness (QED) is 0.916. The summed E-state index contributed by atoms with van der Waals surface area (Å²) in [6.07, 6.45) is 5.48. The fourth-order valence-electron chi connectivity index (χ4n) is 4.01. The van der Waals surface area contributed by atoms with Crippen LogP contribution in [0.25, 0.3) is 0 Å². The SMILES string of the molecule is Cc1ccccc1C(=O)NC1CCN(Cc2nnc3n2CCCC3)CC1. The Kier molecular flexibility index (Phi) is 5.02. The van der Waals surface area contributed by atoms with Crippen LogP contribution >= 0.6 is 0 Å². The maximum Gasteiger partial charge on any atom is 0.251 e. The Labute approximate surface area is 154 Å². The Morgan fingerprint density at radius 1 is 1.15 bits per heavy atom. The molecule has 1 N–H and O–H groups in total. The predicted octanol–water partition coefficient (Wildman–Crippen LogP) is 2.32. The van der Waals surface area contributed by atoms with Gasteiger partial charge in [-0.2, -0.15) is 0 Å². The van der Waals surface area contributed by atoms with Gasteiger partial charge in [0, 0.05) is 37.7 Å². The van der Waals surface area contributed by atoms with Gasteiger partial charge in [0.05, 0.1) is 6.54 Å². The van der Waals surface area contributed by atoms with Crippen LogP contribution in [0.15, 0.2) is 24.3 Å². The maximum atomic E-state index is 12.5. The lowest BCUT2D eigenvalue weighted by atomic mass is 10.0. The van der Waals surface area contributed by atoms with Gasteiger partial charge in [0.2, 0.25) is 0 Å². The van der Waals surface area contributed by atoms with E-state index in [1.165, 1.54) is 12.8 Å². The van der Waals surface area contributed by atoms with Crippen molar-refractivity contribution in [2.75, 3.05) is 13.1 Å². The number of likely N-dealkylation sites (tertiary alicyclic amines) is 1. The lowest BCUT2D eigenvalue weighted by molar-refractivity contribution is 0.0907. The van der Waals surface area contributed by atoms with Crippen molar-refractivity contribution >= 4 is 5.91 Å². The zero-order valence-electron chi connectivity index (χ0n) is 15.4. The van der Waals surface area contributed by atoms with E-state index in [2.05, 4.69) is 25.0 Å². The van der Waals surface area contributed by atoms with E-state index in [0.717, 1.165) is 68.2 Å². The highest BCUT2D eigenvalue weighted by Gasteiger charge is 2.24. The highest BCUT2D eigenvalue weighted by Crippen LogP contribution is 2.18. The highest BCUT2D eigenvalue weighted by molar-refractivity contribution is 5.95. The number of hydrogen-bond donors (Lipinski definition) is 1. The van der Waals surface area contributed by atoms with Gasteiger partial charge in [-0.05, 0) is 44.2 Å². The van der Waals surface area contributed by atoms with E-state index in [1.807, 2.05) is 31.2 Å². The maximum absolute atomic E-state index is 12.5. The van der Waals surface area contributed by atoms with Crippen molar-refractivity contribution in [3.05, 3.63) is 47.0 Å². The fourth-order valence-corrected chi connectivity index (χ4v) is 4.01. The van der Waals surface area contributed by atoms with Crippen LogP contribution in [-0.4, -0.2) is 44.7 Å². The summed E-state index contributed by atoms with van der Waals surface area (Å²) in [6.45, 7) is 5.88. The van der Waals surface area contributed by atoms with Crippen molar-refractivity contribution in [1.82, 2.24) is 25.0 Å². The molecule has 0 bridgehead atoms. The fraction of sp³-hybridized carbons (Fsp3) is 0.550. The van der Waals surface area contributed by atoms with Gasteiger partial charge in [0.1, 0.15) is 11.6 Å². The minimum absolute atomic E-state index is 0.0491. The first kappa shape index (κ1) is 17.2. The molecule has 1 aromatic carbocycles. The van der Waals surface area contributed by atoms with Crippen molar-refractivity contribution in [2.45, 2.75) is 58.2 Å². The van der Waals surface area contributed by atoms with E-state index in [9.17, 15) is 4.79 Å². The smallest absolute Gasteiger partial charge is 0.251 e. The molecule has 0 saturated carbocycles. The molecule has 0 unspecified atom stereocenters. The standard InChI is InChI=1S/C20H27N5O/c1-15-6-2-3-7-17(15)20(26)21-16-9-12-24(13-10-16)14-19-23-22-18-8-4-5-11-25(18)19/h2-3,6-7,16H,4-5,8-14H2,1H3,(H,21,26). The van der Waals surface area contributed by atoms with Crippen LogP contribution in [0.5, 0.6) is 0 Å². The first-order chi connectivity index (χ1) is 12.7. The molecule has 26 heavy (non-hydrogen) atoms. The van der Waals surface area contributed by atoms with Crippen LogP contribution in [0.1, 0.15) is 53.3 Å². The second-order valence-electron chi connectivity index (χ2n) is 7.48. The number of fused-ring (bicyclic) bond motifs is 1. The molecule has 1 fully saturated rings. The summed E-state index contributed by atoms with van der Waals surface area (Å²) < 4.78 is 2.30. The van der Waals surface area contributed by atoms with Gasteiger partial charge < -0.3 is 9.88 Å². The van der Waals surface area contributed by atoms with Gasteiger partial charge in [-0.15, -0.1) is 10.2 Å². The molecule has 4 rings (SSSR count). The third kappa shape index (κ3) is 3.65. The van der Waals surface area contributed by atoms with E-state index in [4.69, 9.17) is 0 Å². The van der Waals surface area contributed by atoms with Gasteiger partial charge in [0.25, 0.3) is 5.91 Å². The number of rotatable bonds is 4. The first-order valence-electron chi connectivity index (χ1n) is 9.70. The normalized spacial score (nSPS) is 18.5. The van der Waals surface area contributed by atoms with Gasteiger partial charge in [-0.25, -0.2) is 0 Å². The molecule has 1 saturated heterocycles. The minimum Gasteiger partial charge on any atom is -0.349 e. The highest BCUT2D eigenvalue weighted by atomic mass is 16.1. The molecule has 6 nitrogen and oxygen atoms in total. The number of aryl methyl sites for hydroxylation is 2. The first-order valence-corrected chi connectivity index (χ1v) is 9.70. The number of benzene rings is 1. The Morgan fingerprint density at radius 3 is 2.77 bits per heavy atom. The molecule has 2 aliphatic rings. The second kappa shape index (κ2) is 7.58. The van der Waals surface area contributed by atoms with E-state index < -0.39 is 0 Å². The number of nitrogens with one attached hydrogen (secondary N) is 1. The largest absolute Gasteiger partial charge is 0.349 e. The van der Waals surface area contributed by atoms with Gasteiger partial charge in [0.15, 0.2) is 0 Å². The van der Waals surface area contributed by atoms with Gasteiger partial charge >= 0.3 is 0 Å². The molecule has 138 valence electrons. The van der Waals surface area contributed by atoms with Gasteiger partial charge in [-0.3, -0.25) is 9.69 Å². The van der Waals surface area contributed by atoms with Crippen LogP contribution in [0.4, 0.5) is 0 Å². The molecule has 0 atom stereocenters. The summed E-state index contributed by atoms with van der Waals surface area (Å²) in [5.41, 5.74) is 1.81. The number of hydrogen-bond acceptors (Lipinski definition) is 4. The van der Waals surface area contributed by atoms with Crippen LogP contribution in [-0.2, 0) is 19.5 Å². The molecular weight excluding hydrogens is 326 g/mol. The zero-order chi connectivity index (χ0) is 17.9. The summed E-state index contributed by atoms with van der Waals surface area (Å²) in [6, 6.07) is 8.02. The van der Waals surface area contributed by atoms with E-state index in [1.54, 1.807) is 0 Å². The summed E-state index contributed by atoms with van der Waals surface area (Å²) in [4.78, 5) is 14.9. The van der Waals surface area contributed by atoms with Crippen LogP contribution in [0.2, 0.25) is 0 Å². The Bertz CT molecular complexity index is 776. The Balaban J connectivity index is 1.30. The van der Waals surface area contributed by atoms with Gasteiger partial charge in [-0.1, -0.05) is 18.2 Å². The second-order valence-corrected chi connectivity index (χ2v) is 7.48. The molecule has 2 aromatic rings. The third-order valence-electron chi connectivity index (χ3n) is 5.61. The molecule has 0 radical (unpaired) electrons. The summed E-state index contributed by atoms with van der Waals surface area (Å²) in [5, 5.41) is 12.0. The molecule has 1 aromatic heterocycles. The molecule has 0 spiro atoms. The average Bonchev–Trinajstić information content (AvgIpc) is 3.07. The van der Waals surface area contributed by atoms with Crippen molar-refractivity contribution in [2.24, 2.45) is 0 Å². The number of amides is 1. The lowest BCUT2D eigenvalue weighted by Crippen LogP contribution is -2.44. The van der Waals surface area contributed by atoms with Crippen molar-refractivity contribution < 1.29 is 4.79 Å². The van der Waals surface area contributed by atoms with Crippen molar-refractivity contribution in [1.29, 1.82) is 0 Å². The van der Waals surface area contributed by atoms with Crippen LogP contribution in [0, 0.1) is 6.92 Å². The van der Waals surface area contributed by atoms with Crippen LogP contribution in [0.3, 0.4) is 0 Å². The number of piperidine rings is 1. The molecular formula is C20H27N5O. The minimum atomic E-state index is 0.0491. The molecule has 1 amide bonds. The molecule has 2 aliphatic heterocycles. The molecule has 6 heteroatoms. The number of carbonyl (C=O) groups is 1. The van der Waals surface area contributed by atoms with Crippen molar-refractivity contribution in [3.63, 3.8) is 0 Å². The summed E-state index contributed by atoms with van der Waals surface area (Å²) >= 11 is 0. The Morgan fingerprint density at radius 2 is 1.96 bits per heavy atom. The average molecular weight is 353 g/mol. The van der Waals surface area contributed by atoms with E-state index in [0.29, 0.717) is 0 Å².